The van der Waals surface area contributed by atoms with Crippen LogP contribution >= 0.6 is 0 Å². The van der Waals surface area contributed by atoms with Crippen LogP contribution in [0, 0.1) is 10.1 Å². The number of nitro groups is 1. The summed E-state index contributed by atoms with van der Waals surface area (Å²) < 4.78 is 5.14. The third kappa shape index (κ3) is 4.53. The quantitative estimate of drug-likeness (QED) is 0.597. The van der Waals surface area contributed by atoms with Gasteiger partial charge in [-0.15, -0.1) is 0 Å². The van der Waals surface area contributed by atoms with Crippen LogP contribution in [0.25, 0.3) is 0 Å². The van der Waals surface area contributed by atoms with E-state index in [4.69, 9.17) is 4.74 Å². The van der Waals surface area contributed by atoms with Crippen LogP contribution in [0.3, 0.4) is 0 Å². The number of nitrogens with zero attached hydrogens (tertiary/aromatic N) is 1. The van der Waals surface area contributed by atoms with Gasteiger partial charge in [-0.25, -0.2) is 0 Å². The van der Waals surface area contributed by atoms with Gasteiger partial charge >= 0.3 is 0 Å². The van der Waals surface area contributed by atoms with Gasteiger partial charge in [-0.1, -0.05) is 49.4 Å². The van der Waals surface area contributed by atoms with Crippen LogP contribution in [0.5, 0.6) is 5.75 Å². The Morgan fingerprint density at radius 2 is 1.78 bits per heavy atom. The summed E-state index contributed by atoms with van der Waals surface area (Å²) in [5, 5.41) is 14.7. The summed E-state index contributed by atoms with van der Waals surface area (Å²) in [6.45, 7) is 2.41. The third-order valence-corrected chi connectivity index (χ3v) is 3.92. The molecule has 0 saturated heterocycles. The molecule has 0 heterocycles. The molecule has 0 fully saturated rings. The number of hydrogen-bond acceptors (Lipinski definition) is 4. The van der Waals surface area contributed by atoms with Gasteiger partial charge in [0, 0.05) is 17.9 Å². The number of methoxy groups -OCH3 is 1. The average molecular weight is 314 g/mol. The minimum Gasteiger partial charge on any atom is -0.497 e. The minimum atomic E-state index is -0.657. The molecule has 1 N–H and O–H groups in total. The zero-order chi connectivity index (χ0) is 16.7. The molecule has 0 aliphatic heterocycles. The van der Waals surface area contributed by atoms with Crippen molar-refractivity contribution in [3.05, 3.63) is 75.8 Å². The van der Waals surface area contributed by atoms with Gasteiger partial charge < -0.3 is 10.1 Å². The molecule has 2 atom stereocenters. The van der Waals surface area contributed by atoms with E-state index >= 15 is 0 Å². The Morgan fingerprint density at radius 1 is 1.13 bits per heavy atom. The highest BCUT2D eigenvalue weighted by molar-refractivity contribution is 5.27. The van der Waals surface area contributed by atoms with Crippen LogP contribution in [0.2, 0.25) is 0 Å². The molecule has 2 aromatic rings. The second-order valence-electron chi connectivity index (χ2n) is 5.38. The van der Waals surface area contributed by atoms with Gasteiger partial charge in [-0.2, -0.15) is 0 Å². The molecule has 0 aliphatic rings. The molecular formula is C18H22N2O3. The second kappa shape index (κ2) is 8.29. The van der Waals surface area contributed by atoms with E-state index in [1.54, 1.807) is 7.11 Å². The first-order chi connectivity index (χ1) is 11.2. The second-order valence-corrected chi connectivity index (χ2v) is 5.38. The molecule has 0 bridgehead atoms. The van der Waals surface area contributed by atoms with E-state index in [-0.39, 0.29) is 11.0 Å². The first kappa shape index (κ1) is 17.0. The van der Waals surface area contributed by atoms with Crippen LogP contribution in [0.15, 0.2) is 54.6 Å². The molecule has 122 valence electrons. The zero-order valence-electron chi connectivity index (χ0n) is 13.4. The number of hydrogen-bond donors (Lipinski definition) is 1. The largest absolute Gasteiger partial charge is 0.497 e. The van der Waals surface area contributed by atoms with Gasteiger partial charge in [0.1, 0.15) is 11.8 Å². The summed E-state index contributed by atoms with van der Waals surface area (Å²) in [5.41, 5.74) is 1.99. The lowest BCUT2D eigenvalue weighted by Crippen LogP contribution is -2.36. The van der Waals surface area contributed by atoms with E-state index in [0.717, 1.165) is 16.9 Å². The maximum absolute atomic E-state index is 11.4. The molecule has 0 unspecified atom stereocenters. The fraction of sp³-hybridized carbons (Fsp3) is 0.333. The van der Waals surface area contributed by atoms with Crippen molar-refractivity contribution in [1.82, 2.24) is 5.32 Å². The first-order valence-corrected chi connectivity index (χ1v) is 7.70. The topological polar surface area (TPSA) is 64.4 Å². The Bertz CT molecular complexity index is 614. The molecule has 0 amide bonds. The summed E-state index contributed by atoms with van der Waals surface area (Å²) in [7, 11) is 1.63. The molecule has 0 radical (unpaired) electrons. The molecule has 0 saturated carbocycles. The highest BCUT2D eigenvalue weighted by atomic mass is 16.6. The molecule has 2 aromatic carbocycles. The molecule has 2 rings (SSSR count). The summed E-state index contributed by atoms with van der Waals surface area (Å²) in [6.07, 6.45) is 0.474. The molecule has 5 nitrogen and oxygen atoms in total. The van der Waals surface area contributed by atoms with Crippen molar-refractivity contribution in [3.8, 4) is 5.75 Å². The molecule has 23 heavy (non-hydrogen) atoms. The summed E-state index contributed by atoms with van der Waals surface area (Å²) >= 11 is 0. The lowest BCUT2D eigenvalue weighted by Gasteiger charge is -2.22. The third-order valence-electron chi connectivity index (χ3n) is 3.92. The lowest BCUT2D eigenvalue weighted by atomic mass is 9.97. The Labute approximate surface area is 136 Å². The van der Waals surface area contributed by atoms with Crippen molar-refractivity contribution < 1.29 is 9.66 Å². The molecule has 0 aromatic heterocycles. The lowest BCUT2D eigenvalue weighted by molar-refractivity contribution is -0.528. The molecular weight excluding hydrogens is 292 g/mol. The van der Waals surface area contributed by atoms with E-state index in [9.17, 15) is 10.1 Å². The Kier molecular flexibility index (Phi) is 6.11. The van der Waals surface area contributed by atoms with Gasteiger partial charge in [0.25, 0.3) is 0 Å². The average Bonchev–Trinajstić information content (AvgIpc) is 2.59. The van der Waals surface area contributed by atoms with Crippen LogP contribution < -0.4 is 10.1 Å². The number of benzene rings is 2. The highest BCUT2D eigenvalue weighted by Crippen LogP contribution is 2.22. The van der Waals surface area contributed by atoms with Crippen molar-refractivity contribution >= 4 is 0 Å². The van der Waals surface area contributed by atoms with Gasteiger partial charge in [-0.3, -0.25) is 10.1 Å². The van der Waals surface area contributed by atoms with Gasteiger partial charge in [0.2, 0.25) is 6.04 Å². The SMILES string of the molecule is CC[C@H]([C@@H](NCc1ccc(OC)cc1)c1ccccc1)[N+](=O)[O-]. The van der Waals surface area contributed by atoms with Crippen LogP contribution in [-0.4, -0.2) is 18.1 Å². The van der Waals surface area contributed by atoms with E-state index in [0.29, 0.717) is 13.0 Å². The highest BCUT2D eigenvalue weighted by Gasteiger charge is 2.30. The van der Waals surface area contributed by atoms with Crippen molar-refractivity contribution in [2.45, 2.75) is 32.0 Å². The number of ether oxygens (including phenoxy) is 1. The first-order valence-electron chi connectivity index (χ1n) is 7.70. The van der Waals surface area contributed by atoms with Crippen LogP contribution in [-0.2, 0) is 6.54 Å². The van der Waals surface area contributed by atoms with Gasteiger partial charge in [0.05, 0.1) is 7.11 Å². The number of nitrogens with one attached hydrogen (secondary N) is 1. The zero-order valence-corrected chi connectivity index (χ0v) is 13.4. The standard InChI is InChI=1S/C18H22N2O3/c1-3-17(20(21)22)18(15-7-5-4-6-8-15)19-13-14-9-11-16(23-2)12-10-14/h4-12,17-19H,3,13H2,1-2H3/t17-,18+/m1/s1. The van der Waals surface area contributed by atoms with Crippen LogP contribution in [0.1, 0.15) is 30.5 Å². The van der Waals surface area contributed by atoms with E-state index < -0.39 is 6.04 Å². The smallest absolute Gasteiger partial charge is 0.232 e. The summed E-state index contributed by atoms with van der Waals surface area (Å²) in [5.74, 6) is 0.796. The normalized spacial score (nSPS) is 13.3. The Balaban J connectivity index is 2.15. The summed E-state index contributed by atoms with van der Waals surface area (Å²) in [6, 6.07) is 16.3. The molecule has 0 spiro atoms. The summed E-state index contributed by atoms with van der Waals surface area (Å²) in [4.78, 5) is 11.2. The predicted octanol–water partition coefficient (Wildman–Crippen LogP) is 3.58. The number of rotatable bonds is 8. The Morgan fingerprint density at radius 3 is 2.30 bits per heavy atom. The van der Waals surface area contributed by atoms with Crippen molar-refractivity contribution in [3.63, 3.8) is 0 Å². The monoisotopic (exact) mass is 314 g/mol. The maximum Gasteiger partial charge on any atom is 0.232 e. The fourth-order valence-corrected chi connectivity index (χ4v) is 2.61. The van der Waals surface area contributed by atoms with Crippen LogP contribution in [0.4, 0.5) is 0 Å². The van der Waals surface area contributed by atoms with E-state index in [1.165, 1.54) is 0 Å². The molecule has 0 aliphatic carbocycles. The minimum absolute atomic E-state index is 0.196. The Hall–Kier alpha value is -2.40. The fourth-order valence-electron chi connectivity index (χ4n) is 2.61. The van der Waals surface area contributed by atoms with Gasteiger partial charge in [0.15, 0.2) is 0 Å². The maximum atomic E-state index is 11.4. The van der Waals surface area contributed by atoms with E-state index in [1.807, 2.05) is 61.5 Å². The van der Waals surface area contributed by atoms with Crippen molar-refractivity contribution in [2.75, 3.05) is 7.11 Å². The molecule has 5 heteroatoms. The predicted molar refractivity (Wildman–Crippen MR) is 90.1 cm³/mol. The van der Waals surface area contributed by atoms with E-state index in [2.05, 4.69) is 5.32 Å². The van der Waals surface area contributed by atoms with Crippen molar-refractivity contribution in [1.29, 1.82) is 0 Å². The van der Waals surface area contributed by atoms with Crippen molar-refractivity contribution in [2.24, 2.45) is 0 Å². The van der Waals surface area contributed by atoms with Gasteiger partial charge in [-0.05, 0) is 23.3 Å².